The van der Waals surface area contributed by atoms with Crippen molar-refractivity contribution in [3.05, 3.63) is 28.7 Å². The summed E-state index contributed by atoms with van der Waals surface area (Å²) in [7, 11) is 0. The first-order valence-corrected chi connectivity index (χ1v) is 6.00. The van der Waals surface area contributed by atoms with Crippen LogP contribution in [-0.2, 0) is 0 Å². The normalized spacial score (nSPS) is 20.6. The first-order chi connectivity index (χ1) is 8.31. The zero-order valence-electron chi connectivity index (χ0n) is 9.55. The number of aromatic amines is 2. The third-order valence-electron chi connectivity index (χ3n) is 3.18. The van der Waals surface area contributed by atoms with Crippen LogP contribution in [0.2, 0.25) is 0 Å². The number of rotatable bonds is 2. The molecule has 1 aromatic carbocycles. The zero-order valence-corrected chi connectivity index (χ0v) is 9.55. The molecule has 0 radical (unpaired) electrons. The van der Waals surface area contributed by atoms with Crippen molar-refractivity contribution in [2.24, 2.45) is 0 Å². The summed E-state index contributed by atoms with van der Waals surface area (Å²) in [6.07, 6.45) is 2.40. The second-order valence-electron chi connectivity index (χ2n) is 4.53. The monoisotopic (exact) mass is 232 g/mol. The number of benzene rings is 1. The number of fused-ring (bicyclic) bond motifs is 1. The molecule has 0 bridgehead atoms. The second kappa shape index (κ2) is 4.25. The lowest BCUT2D eigenvalue weighted by molar-refractivity contribution is 0.480. The quantitative estimate of drug-likeness (QED) is 0.624. The van der Waals surface area contributed by atoms with Gasteiger partial charge >= 0.3 is 5.69 Å². The first kappa shape index (κ1) is 10.4. The number of anilines is 1. The van der Waals surface area contributed by atoms with Crippen molar-refractivity contribution in [1.29, 1.82) is 0 Å². The minimum Gasteiger partial charge on any atom is -0.381 e. The molecule has 1 aliphatic heterocycles. The van der Waals surface area contributed by atoms with Crippen LogP contribution in [0.25, 0.3) is 11.0 Å². The molecule has 1 aliphatic rings. The van der Waals surface area contributed by atoms with Crippen LogP contribution < -0.4 is 16.3 Å². The largest absolute Gasteiger partial charge is 0.381 e. The molecule has 0 amide bonds. The van der Waals surface area contributed by atoms with Gasteiger partial charge in [0, 0.05) is 18.3 Å². The van der Waals surface area contributed by atoms with Crippen molar-refractivity contribution in [3.8, 4) is 0 Å². The van der Waals surface area contributed by atoms with Crippen molar-refractivity contribution >= 4 is 16.7 Å². The Hall–Kier alpha value is -1.75. The third kappa shape index (κ3) is 2.19. The maximum absolute atomic E-state index is 11.1. The molecule has 3 rings (SSSR count). The van der Waals surface area contributed by atoms with Gasteiger partial charge in [0.1, 0.15) is 0 Å². The van der Waals surface area contributed by atoms with E-state index in [1.165, 1.54) is 12.8 Å². The van der Waals surface area contributed by atoms with Gasteiger partial charge in [-0.2, -0.15) is 0 Å². The van der Waals surface area contributed by atoms with Gasteiger partial charge in [-0.05, 0) is 37.6 Å². The molecule has 0 spiro atoms. The smallest absolute Gasteiger partial charge is 0.323 e. The van der Waals surface area contributed by atoms with Gasteiger partial charge in [-0.15, -0.1) is 0 Å². The molecule has 0 aliphatic carbocycles. The number of H-pyrrole nitrogens is 2. The topological polar surface area (TPSA) is 72.7 Å². The molecule has 5 nitrogen and oxygen atoms in total. The van der Waals surface area contributed by atoms with Crippen molar-refractivity contribution in [3.63, 3.8) is 0 Å². The Morgan fingerprint density at radius 2 is 2.12 bits per heavy atom. The van der Waals surface area contributed by atoms with Gasteiger partial charge in [0.15, 0.2) is 0 Å². The fourth-order valence-electron chi connectivity index (χ4n) is 2.33. The molecule has 0 saturated carbocycles. The Morgan fingerprint density at radius 1 is 1.24 bits per heavy atom. The lowest BCUT2D eigenvalue weighted by Gasteiger charge is -2.24. The van der Waals surface area contributed by atoms with Gasteiger partial charge in [-0.25, -0.2) is 4.79 Å². The Morgan fingerprint density at radius 3 is 2.94 bits per heavy atom. The summed E-state index contributed by atoms with van der Waals surface area (Å²) >= 11 is 0. The van der Waals surface area contributed by atoms with E-state index in [1.807, 2.05) is 18.2 Å². The van der Waals surface area contributed by atoms with Crippen LogP contribution in [-0.4, -0.2) is 29.1 Å². The van der Waals surface area contributed by atoms with Crippen LogP contribution in [0.1, 0.15) is 12.8 Å². The minimum atomic E-state index is -0.156. The highest BCUT2D eigenvalue weighted by atomic mass is 16.1. The van der Waals surface area contributed by atoms with Crippen molar-refractivity contribution < 1.29 is 0 Å². The molecule has 2 heterocycles. The lowest BCUT2D eigenvalue weighted by Crippen LogP contribution is -2.38. The number of hydrogen-bond donors (Lipinski definition) is 4. The van der Waals surface area contributed by atoms with E-state index in [9.17, 15) is 4.79 Å². The van der Waals surface area contributed by atoms with Crippen LogP contribution in [0.5, 0.6) is 0 Å². The highest BCUT2D eigenvalue weighted by molar-refractivity contribution is 5.78. The van der Waals surface area contributed by atoms with Crippen LogP contribution in [0.3, 0.4) is 0 Å². The maximum Gasteiger partial charge on any atom is 0.323 e. The number of aromatic nitrogens is 2. The molecule has 1 unspecified atom stereocenters. The number of nitrogens with one attached hydrogen (secondary N) is 4. The molecule has 90 valence electrons. The summed E-state index contributed by atoms with van der Waals surface area (Å²) in [6, 6.07) is 6.38. The molecule has 1 atom stereocenters. The van der Waals surface area contributed by atoms with E-state index in [0.29, 0.717) is 6.04 Å². The van der Waals surface area contributed by atoms with Crippen LogP contribution in [0.4, 0.5) is 5.69 Å². The molecule has 4 N–H and O–H groups in total. The highest BCUT2D eigenvalue weighted by Crippen LogP contribution is 2.17. The summed E-state index contributed by atoms with van der Waals surface area (Å²) in [4.78, 5) is 16.7. The predicted molar refractivity (Wildman–Crippen MR) is 68.4 cm³/mol. The molecule has 17 heavy (non-hydrogen) atoms. The average molecular weight is 232 g/mol. The lowest BCUT2D eigenvalue weighted by atomic mass is 10.1. The van der Waals surface area contributed by atoms with E-state index in [-0.39, 0.29) is 5.69 Å². The van der Waals surface area contributed by atoms with Gasteiger partial charge in [0.25, 0.3) is 0 Å². The van der Waals surface area contributed by atoms with E-state index in [0.717, 1.165) is 29.8 Å². The van der Waals surface area contributed by atoms with Gasteiger partial charge in [-0.1, -0.05) is 0 Å². The number of hydrogen-bond acceptors (Lipinski definition) is 3. The molecule has 1 fully saturated rings. The van der Waals surface area contributed by atoms with Gasteiger partial charge in [0.2, 0.25) is 0 Å². The molecule has 5 heteroatoms. The van der Waals surface area contributed by atoms with E-state index < -0.39 is 0 Å². The van der Waals surface area contributed by atoms with Gasteiger partial charge < -0.3 is 20.6 Å². The summed E-state index contributed by atoms with van der Waals surface area (Å²) in [5.41, 5.74) is 2.60. The van der Waals surface area contributed by atoms with Crippen molar-refractivity contribution in [1.82, 2.24) is 15.3 Å². The van der Waals surface area contributed by atoms with Gasteiger partial charge in [-0.3, -0.25) is 0 Å². The Balaban J connectivity index is 1.82. The minimum absolute atomic E-state index is 0.156. The third-order valence-corrected chi connectivity index (χ3v) is 3.18. The van der Waals surface area contributed by atoms with E-state index in [1.54, 1.807) is 0 Å². The average Bonchev–Trinajstić information content (AvgIpc) is 2.70. The zero-order chi connectivity index (χ0) is 11.7. The van der Waals surface area contributed by atoms with Crippen LogP contribution in [0, 0.1) is 0 Å². The molecule has 1 saturated heterocycles. The Kier molecular flexibility index (Phi) is 2.60. The van der Waals surface area contributed by atoms with E-state index in [4.69, 9.17) is 0 Å². The summed E-state index contributed by atoms with van der Waals surface area (Å²) in [6.45, 7) is 2.12. The van der Waals surface area contributed by atoms with Crippen molar-refractivity contribution in [2.75, 3.05) is 18.4 Å². The van der Waals surface area contributed by atoms with E-state index >= 15 is 0 Å². The van der Waals surface area contributed by atoms with Crippen LogP contribution in [0.15, 0.2) is 23.0 Å². The second-order valence-corrected chi connectivity index (χ2v) is 4.53. The summed E-state index contributed by atoms with van der Waals surface area (Å²) < 4.78 is 0. The summed E-state index contributed by atoms with van der Waals surface area (Å²) in [5, 5.41) is 6.85. The van der Waals surface area contributed by atoms with Gasteiger partial charge in [0.05, 0.1) is 11.0 Å². The highest BCUT2D eigenvalue weighted by Gasteiger charge is 2.12. The predicted octanol–water partition coefficient (Wildman–Crippen LogP) is 1.02. The number of imidazole rings is 1. The van der Waals surface area contributed by atoms with Crippen LogP contribution >= 0.6 is 0 Å². The molecule has 1 aromatic heterocycles. The fraction of sp³-hybridized carbons (Fsp3) is 0.417. The SMILES string of the molecule is O=c1[nH]c2ccc(NC3CCCNC3)cc2[nH]1. The number of piperidine rings is 1. The maximum atomic E-state index is 11.1. The fourth-order valence-corrected chi connectivity index (χ4v) is 2.33. The van der Waals surface area contributed by atoms with Crippen molar-refractivity contribution in [2.45, 2.75) is 18.9 Å². The van der Waals surface area contributed by atoms with E-state index in [2.05, 4.69) is 20.6 Å². The Labute approximate surface area is 98.6 Å². The Bertz CT molecular complexity index is 565. The molecule has 2 aromatic rings. The molecular weight excluding hydrogens is 216 g/mol. The first-order valence-electron chi connectivity index (χ1n) is 6.00. The summed E-state index contributed by atoms with van der Waals surface area (Å²) in [5.74, 6) is 0. The standard InChI is InChI=1S/C12H16N4O/c17-12-15-10-4-3-8(6-11(10)16-12)14-9-2-1-5-13-7-9/h3-4,6,9,13-14H,1-2,5,7H2,(H2,15,16,17). The molecular formula is C12H16N4O.